The molecule has 2 aromatic carbocycles. The number of benzene rings is 2. The fraction of sp³-hybridized carbons (Fsp3) is 0.111. The second-order valence-electron chi connectivity index (χ2n) is 4.75. The maximum atomic E-state index is 12.2. The van der Waals surface area contributed by atoms with Crippen LogP contribution in [0.4, 0.5) is 0 Å². The molecule has 0 fully saturated rings. The number of hydrogen-bond donors (Lipinski definition) is 0. The molecular weight excluding hydrogens is 280 g/mol. The minimum Gasteiger partial charge on any atom is -0.462 e. The summed E-state index contributed by atoms with van der Waals surface area (Å²) in [5.74, 6) is -0.453. The molecule has 0 aliphatic carbocycles. The molecule has 0 aliphatic rings. The monoisotopic (exact) mass is 294 g/mol. The Morgan fingerprint density at radius 3 is 2.59 bits per heavy atom. The third kappa shape index (κ3) is 2.51. The Labute approximate surface area is 127 Å². The van der Waals surface area contributed by atoms with Gasteiger partial charge in [0.15, 0.2) is 0 Å². The number of carbonyl (C=O) groups excluding carboxylic acids is 1. The predicted octanol–water partition coefficient (Wildman–Crippen LogP) is 3.64. The number of rotatable bonds is 3. The van der Waals surface area contributed by atoms with Crippen LogP contribution in [0.2, 0.25) is 0 Å². The molecule has 0 N–H and O–H groups in total. The first-order valence-electron chi connectivity index (χ1n) is 7.00. The molecule has 0 radical (unpaired) electrons. The van der Waals surface area contributed by atoms with Crippen molar-refractivity contribution in [2.24, 2.45) is 0 Å². The number of ether oxygens (including phenoxy) is 1. The van der Waals surface area contributed by atoms with E-state index in [9.17, 15) is 9.59 Å². The Morgan fingerprint density at radius 1 is 1.05 bits per heavy atom. The van der Waals surface area contributed by atoms with Gasteiger partial charge in [-0.3, -0.25) is 0 Å². The van der Waals surface area contributed by atoms with E-state index in [0.717, 1.165) is 5.39 Å². The van der Waals surface area contributed by atoms with Crippen LogP contribution in [0.25, 0.3) is 22.1 Å². The lowest BCUT2D eigenvalue weighted by Gasteiger charge is -2.08. The summed E-state index contributed by atoms with van der Waals surface area (Å²) >= 11 is 0. The SMILES string of the molecule is CCOC(=O)c1ccccc1-c1cc2ccccc2oc1=O. The minimum absolute atomic E-state index is 0.277. The highest BCUT2D eigenvalue weighted by Crippen LogP contribution is 2.24. The molecule has 3 rings (SSSR count). The van der Waals surface area contributed by atoms with E-state index in [1.807, 2.05) is 12.1 Å². The molecule has 0 saturated heterocycles. The molecule has 0 unspecified atom stereocenters. The molecule has 1 aromatic heterocycles. The standard InChI is InChI=1S/C18H14O4/c1-2-21-17(19)14-9-5-4-8-13(14)15-11-12-7-3-6-10-16(12)22-18(15)20/h3-11H,2H2,1H3. The van der Waals surface area contributed by atoms with Gasteiger partial charge in [-0.1, -0.05) is 36.4 Å². The zero-order valence-corrected chi connectivity index (χ0v) is 12.0. The van der Waals surface area contributed by atoms with Gasteiger partial charge in [0.25, 0.3) is 0 Å². The molecule has 4 nitrogen and oxygen atoms in total. The van der Waals surface area contributed by atoms with Crippen molar-refractivity contribution in [2.45, 2.75) is 6.92 Å². The molecule has 0 atom stereocenters. The second kappa shape index (κ2) is 5.85. The van der Waals surface area contributed by atoms with Crippen LogP contribution in [0.15, 0.2) is 63.8 Å². The van der Waals surface area contributed by atoms with E-state index >= 15 is 0 Å². The summed E-state index contributed by atoms with van der Waals surface area (Å²) in [5, 5.41) is 0.802. The van der Waals surface area contributed by atoms with E-state index < -0.39 is 11.6 Å². The fourth-order valence-corrected chi connectivity index (χ4v) is 2.35. The van der Waals surface area contributed by atoms with Crippen LogP contribution in [0.3, 0.4) is 0 Å². The molecule has 1 heterocycles. The first-order chi connectivity index (χ1) is 10.7. The largest absolute Gasteiger partial charge is 0.462 e. The van der Waals surface area contributed by atoms with Crippen LogP contribution < -0.4 is 5.63 Å². The first kappa shape index (κ1) is 14.1. The van der Waals surface area contributed by atoms with Gasteiger partial charge >= 0.3 is 11.6 Å². The van der Waals surface area contributed by atoms with Crippen LogP contribution in [0, 0.1) is 0 Å². The van der Waals surface area contributed by atoms with E-state index in [1.54, 1.807) is 49.4 Å². The van der Waals surface area contributed by atoms with Gasteiger partial charge < -0.3 is 9.15 Å². The summed E-state index contributed by atoms with van der Waals surface area (Å²) in [6, 6.07) is 15.9. The highest BCUT2D eigenvalue weighted by Gasteiger charge is 2.16. The molecular formula is C18H14O4. The van der Waals surface area contributed by atoms with Crippen LogP contribution in [-0.4, -0.2) is 12.6 Å². The quantitative estimate of drug-likeness (QED) is 0.546. The second-order valence-corrected chi connectivity index (χ2v) is 4.75. The highest BCUT2D eigenvalue weighted by atomic mass is 16.5. The molecule has 3 aromatic rings. The van der Waals surface area contributed by atoms with Gasteiger partial charge in [-0.05, 0) is 25.1 Å². The predicted molar refractivity (Wildman–Crippen MR) is 83.9 cm³/mol. The van der Waals surface area contributed by atoms with Gasteiger partial charge in [-0.2, -0.15) is 0 Å². The van der Waals surface area contributed by atoms with E-state index in [1.165, 1.54) is 0 Å². The average Bonchev–Trinajstić information content (AvgIpc) is 2.54. The summed E-state index contributed by atoms with van der Waals surface area (Å²) in [6.45, 7) is 2.02. The molecule has 4 heteroatoms. The summed E-state index contributed by atoms with van der Waals surface area (Å²) in [5.41, 5.74) is 1.26. The smallest absolute Gasteiger partial charge is 0.344 e. The van der Waals surface area contributed by atoms with E-state index in [0.29, 0.717) is 22.3 Å². The number of para-hydroxylation sites is 1. The zero-order valence-electron chi connectivity index (χ0n) is 12.0. The normalized spacial score (nSPS) is 10.6. The van der Waals surface area contributed by atoms with Crippen molar-refractivity contribution in [1.82, 2.24) is 0 Å². The van der Waals surface area contributed by atoms with Crippen LogP contribution >= 0.6 is 0 Å². The summed E-state index contributed by atoms with van der Waals surface area (Å²) in [6.07, 6.45) is 0. The summed E-state index contributed by atoms with van der Waals surface area (Å²) in [4.78, 5) is 24.3. The van der Waals surface area contributed by atoms with Crippen LogP contribution in [0.1, 0.15) is 17.3 Å². The van der Waals surface area contributed by atoms with Crippen molar-refractivity contribution in [3.8, 4) is 11.1 Å². The van der Waals surface area contributed by atoms with E-state index in [2.05, 4.69) is 0 Å². The van der Waals surface area contributed by atoms with Crippen molar-refractivity contribution in [3.05, 3.63) is 70.6 Å². The third-order valence-electron chi connectivity index (χ3n) is 3.35. The topological polar surface area (TPSA) is 56.5 Å². The minimum atomic E-state index is -0.476. The Kier molecular flexibility index (Phi) is 3.74. The Bertz CT molecular complexity index is 893. The Hall–Kier alpha value is -2.88. The Balaban J connectivity index is 2.22. The number of fused-ring (bicyclic) bond motifs is 1. The number of hydrogen-bond acceptors (Lipinski definition) is 4. The van der Waals surface area contributed by atoms with Gasteiger partial charge in [0.05, 0.1) is 17.7 Å². The molecule has 0 saturated carbocycles. The fourth-order valence-electron chi connectivity index (χ4n) is 2.35. The van der Waals surface area contributed by atoms with Crippen LogP contribution in [0.5, 0.6) is 0 Å². The Morgan fingerprint density at radius 2 is 1.77 bits per heavy atom. The molecule has 0 aliphatic heterocycles. The average molecular weight is 294 g/mol. The lowest BCUT2D eigenvalue weighted by molar-refractivity contribution is 0.0527. The van der Waals surface area contributed by atoms with Crippen molar-refractivity contribution in [1.29, 1.82) is 0 Å². The van der Waals surface area contributed by atoms with Gasteiger partial charge in [0.1, 0.15) is 5.58 Å². The maximum Gasteiger partial charge on any atom is 0.344 e. The van der Waals surface area contributed by atoms with E-state index in [4.69, 9.17) is 9.15 Å². The van der Waals surface area contributed by atoms with Crippen LogP contribution in [-0.2, 0) is 4.74 Å². The van der Waals surface area contributed by atoms with E-state index in [-0.39, 0.29) is 6.61 Å². The molecule has 0 bridgehead atoms. The van der Waals surface area contributed by atoms with Gasteiger partial charge in [-0.25, -0.2) is 9.59 Å². The zero-order chi connectivity index (χ0) is 15.5. The molecule has 0 amide bonds. The van der Waals surface area contributed by atoms with Gasteiger partial charge in [0, 0.05) is 10.9 Å². The van der Waals surface area contributed by atoms with Crippen molar-refractivity contribution in [3.63, 3.8) is 0 Å². The first-order valence-corrected chi connectivity index (χ1v) is 7.00. The van der Waals surface area contributed by atoms with Gasteiger partial charge in [-0.15, -0.1) is 0 Å². The molecule has 22 heavy (non-hydrogen) atoms. The maximum absolute atomic E-state index is 12.2. The summed E-state index contributed by atoms with van der Waals surface area (Å²) < 4.78 is 10.4. The lowest BCUT2D eigenvalue weighted by Crippen LogP contribution is -2.10. The molecule has 110 valence electrons. The number of carbonyl (C=O) groups is 1. The molecule has 0 spiro atoms. The van der Waals surface area contributed by atoms with Crippen molar-refractivity contribution < 1.29 is 13.9 Å². The third-order valence-corrected chi connectivity index (χ3v) is 3.35. The number of esters is 1. The van der Waals surface area contributed by atoms with Crippen molar-refractivity contribution >= 4 is 16.9 Å². The van der Waals surface area contributed by atoms with Crippen molar-refractivity contribution in [2.75, 3.05) is 6.61 Å². The lowest BCUT2D eigenvalue weighted by atomic mass is 10.0. The highest BCUT2D eigenvalue weighted by molar-refractivity contribution is 5.98. The summed E-state index contributed by atoms with van der Waals surface area (Å²) in [7, 11) is 0. The van der Waals surface area contributed by atoms with Gasteiger partial charge in [0.2, 0.25) is 0 Å².